The Bertz CT molecular complexity index is 556. The van der Waals surface area contributed by atoms with Gasteiger partial charge < -0.3 is 5.32 Å². The molecule has 0 aliphatic carbocycles. The van der Waals surface area contributed by atoms with Gasteiger partial charge in [-0.25, -0.2) is 0 Å². The van der Waals surface area contributed by atoms with Gasteiger partial charge in [0.25, 0.3) is 0 Å². The normalized spacial score (nSPS) is 11.4. The van der Waals surface area contributed by atoms with E-state index in [0.29, 0.717) is 0 Å². The van der Waals surface area contributed by atoms with Gasteiger partial charge in [0.15, 0.2) is 0 Å². The molecule has 0 spiro atoms. The summed E-state index contributed by atoms with van der Waals surface area (Å²) in [6.45, 7) is 0.262. The van der Waals surface area contributed by atoms with E-state index in [4.69, 9.17) is 11.6 Å². The lowest BCUT2D eigenvalue weighted by Gasteiger charge is -2.14. The Labute approximate surface area is 113 Å². The number of rotatable bonds is 3. The number of alkyl halides is 3. The van der Waals surface area contributed by atoms with Crippen LogP contribution in [0.4, 0.5) is 18.9 Å². The Morgan fingerprint density at radius 2 is 2.00 bits per heavy atom. The van der Waals surface area contributed by atoms with E-state index in [1.165, 1.54) is 12.1 Å². The fourth-order valence-corrected chi connectivity index (χ4v) is 1.78. The number of benzene rings is 1. The molecule has 0 saturated heterocycles. The number of hydrogen-bond donors (Lipinski definition) is 1. The third-order valence-corrected chi connectivity index (χ3v) is 2.73. The summed E-state index contributed by atoms with van der Waals surface area (Å²) in [5, 5.41) is 2.80. The molecule has 1 aromatic carbocycles. The zero-order chi connectivity index (χ0) is 13.9. The van der Waals surface area contributed by atoms with Gasteiger partial charge in [0.05, 0.1) is 5.56 Å². The molecule has 0 fully saturated rings. The summed E-state index contributed by atoms with van der Waals surface area (Å²) in [5.74, 6) is 0. The van der Waals surface area contributed by atoms with E-state index in [9.17, 15) is 13.2 Å². The highest BCUT2D eigenvalue weighted by Gasteiger charge is 2.33. The van der Waals surface area contributed by atoms with Crippen LogP contribution in [0.3, 0.4) is 0 Å². The van der Waals surface area contributed by atoms with Gasteiger partial charge in [0.1, 0.15) is 0 Å². The zero-order valence-electron chi connectivity index (χ0n) is 9.71. The molecule has 0 aliphatic rings. The Kier molecular flexibility index (Phi) is 3.95. The SMILES string of the molecule is FC(F)(F)c1cc(Cl)ccc1NCc1cccnc1. The molecule has 2 rings (SSSR count). The molecule has 0 atom stereocenters. The van der Waals surface area contributed by atoms with E-state index in [1.54, 1.807) is 24.5 Å². The molecule has 0 amide bonds. The predicted molar refractivity (Wildman–Crippen MR) is 68.0 cm³/mol. The lowest BCUT2D eigenvalue weighted by atomic mass is 10.1. The average Bonchev–Trinajstić information content (AvgIpc) is 2.37. The largest absolute Gasteiger partial charge is 0.418 e. The fraction of sp³-hybridized carbons (Fsp3) is 0.154. The van der Waals surface area contributed by atoms with Crippen molar-refractivity contribution >= 4 is 17.3 Å². The number of pyridine rings is 1. The van der Waals surface area contributed by atoms with Crippen LogP contribution in [0.15, 0.2) is 42.7 Å². The van der Waals surface area contributed by atoms with Crippen LogP contribution in [0, 0.1) is 0 Å². The molecule has 100 valence electrons. The number of halogens is 4. The van der Waals surface area contributed by atoms with Crippen molar-refractivity contribution in [2.24, 2.45) is 0 Å². The number of anilines is 1. The first kappa shape index (κ1) is 13.7. The van der Waals surface area contributed by atoms with Crippen molar-refractivity contribution in [3.8, 4) is 0 Å². The molecular formula is C13H10ClF3N2. The average molecular weight is 287 g/mol. The third kappa shape index (κ3) is 3.61. The second kappa shape index (κ2) is 5.48. The molecule has 1 aromatic heterocycles. The summed E-state index contributed by atoms with van der Waals surface area (Å²) in [6, 6.07) is 7.16. The maximum absolute atomic E-state index is 12.8. The van der Waals surface area contributed by atoms with Crippen LogP contribution in [-0.2, 0) is 12.7 Å². The van der Waals surface area contributed by atoms with E-state index in [-0.39, 0.29) is 17.3 Å². The summed E-state index contributed by atoms with van der Waals surface area (Å²) in [6.07, 6.45) is -1.24. The van der Waals surface area contributed by atoms with E-state index in [1.807, 2.05) is 0 Å². The van der Waals surface area contributed by atoms with Crippen molar-refractivity contribution in [2.45, 2.75) is 12.7 Å². The monoisotopic (exact) mass is 286 g/mol. The quantitative estimate of drug-likeness (QED) is 0.906. The van der Waals surface area contributed by atoms with Crippen LogP contribution in [-0.4, -0.2) is 4.98 Å². The Balaban J connectivity index is 2.21. The maximum atomic E-state index is 12.8. The van der Waals surface area contributed by atoms with E-state index in [2.05, 4.69) is 10.3 Å². The summed E-state index contributed by atoms with van der Waals surface area (Å²) in [7, 11) is 0. The fourth-order valence-electron chi connectivity index (χ4n) is 1.61. The first-order chi connectivity index (χ1) is 8.97. The highest BCUT2D eigenvalue weighted by atomic mass is 35.5. The molecule has 1 heterocycles. The van der Waals surface area contributed by atoms with Gasteiger partial charge in [0.2, 0.25) is 0 Å². The van der Waals surface area contributed by atoms with Crippen LogP contribution < -0.4 is 5.32 Å². The standard InChI is InChI=1S/C13H10ClF3N2/c14-10-3-4-12(11(6-10)13(15,16)17)19-8-9-2-1-5-18-7-9/h1-7,19H,8H2. The predicted octanol–water partition coefficient (Wildman–Crippen LogP) is 4.37. The Hall–Kier alpha value is -1.75. The summed E-state index contributed by atoms with van der Waals surface area (Å²) in [5.41, 5.74) is 0.0233. The van der Waals surface area contributed by atoms with Crippen LogP contribution in [0.5, 0.6) is 0 Å². The van der Waals surface area contributed by atoms with Crippen molar-refractivity contribution in [1.29, 1.82) is 0 Å². The summed E-state index contributed by atoms with van der Waals surface area (Å²) < 4.78 is 38.5. The first-order valence-electron chi connectivity index (χ1n) is 5.46. The molecule has 19 heavy (non-hydrogen) atoms. The van der Waals surface area contributed by atoms with E-state index >= 15 is 0 Å². The molecule has 2 aromatic rings. The molecule has 0 unspecified atom stereocenters. The van der Waals surface area contributed by atoms with Crippen molar-refractivity contribution in [1.82, 2.24) is 4.98 Å². The van der Waals surface area contributed by atoms with Gasteiger partial charge in [-0.15, -0.1) is 0 Å². The van der Waals surface area contributed by atoms with Crippen molar-refractivity contribution in [3.05, 3.63) is 58.9 Å². The summed E-state index contributed by atoms with van der Waals surface area (Å²) >= 11 is 5.60. The van der Waals surface area contributed by atoms with Crippen molar-refractivity contribution in [3.63, 3.8) is 0 Å². The van der Waals surface area contributed by atoms with Crippen LogP contribution >= 0.6 is 11.6 Å². The minimum absolute atomic E-state index is 0.000697. The minimum atomic E-state index is -4.44. The van der Waals surface area contributed by atoms with Gasteiger partial charge in [-0.3, -0.25) is 4.98 Å². The third-order valence-electron chi connectivity index (χ3n) is 2.49. The van der Waals surface area contributed by atoms with Gasteiger partial charge in [-0.05, 0) is 29.8 Å². The van der Waals surface area contributed by atoms with Crippen molar-refractivity contribution < 1.29 is 13.2 Å². The number of nitrogens with zero attached hydrogens (tertiary/aromatic N) is 1. The van der Waals surface area contributed by atoms with E-state index < -0.39 is 11.7 Å². The number of hydrogen-bond acceptors (Lipinski definition) is 2. The smallest absolute Gasteiger partial charge is 0.380 e. The number of nitrogens with one attached hydrogen (secondary N) is 1. The minimum Gasteiger partial charge on any atom is -0.380 e. The zero-order valence-corrected chi connectivity index (χ0v) is 10.5. The molecule has 2 nitrogen and oxygen atoms in total. The van der Waals surface area contributed by atoms with Gasteiger partial charge >= 0.3 is 6.18 Å². The Morgan fingerprint density at radius 1 is 1.21 bits per heavy atom. The lowest BCUT2D eigenvalue weighted by molar-refractivity contribution is -0.136. The Morgan fingerprint density at radius 3 is 2.63 bits per heavy atom. The van der Waals surface area contributed by atoms with Crippen LogP contribution in [0.2, 0.25) is 5.02 Å². The second-order valence-corrected chi connectivity index (χ2v) is 4.34. The molecule has 1 N–H and O–H groups in total. The van der Waals surface area contributed by atoms with E-state index in [0.717, 1.165) is 11.6 Å². The molecule has 0 bridgehead atoms. The molecule has 6 heteroatoms. The molecule has 0 saturated carbocycles. The molecule has 0 aliphatic heterocycles. The first-order valence-corrected chi connectivity index (χ1v) is 5.84. The van der Waals surface area contributed by atoms with Gasteiger partial charge in [-0.1, -0.05) is 17.7 Å². The van der Waals surface area contributed by atoms with Crippen molar-refractivity contribution in [2.75, 3.05) is 5.32 Å². The van der Waals surface area contributed by atoms with Gasteiger partial charge in [-0.2, -0.15) is 13.2 Å². The topological polar surface area (TPSA) is 24.9 Å². The molecular weight excluding hydrogens is 277 g/mol. The maximum Gasteiger partial charge on any atom is 0.418 e. The lowest BCUT2D eigenvalue weighted by Crippen LogP contribution is -2.10. The van der Waals surface area contributed by atoms with Gasteiger partial charge in [0, 0.05) is 29.6 Å². The second-order valence-electron chi connectivity index (χ2n) is 3.90. The molecule has 0 radical (unpaired) electrons. The van der Waals surface area contributed by atoms with Crippen LogP contribution in [0.25, 0.3) is 0 Å². The van der Waals surface area contributed by atoms with Crippen LogP contribution in [0.1, 0.15) is 11.1 Å². The number of aromatic nitrogens is 1. The highest BCUT2D eigenvalue weighted by Crippen LogP contribution is 2.36. The summed E-state index contributed by atoms with van der Waals surface area (Å²) in [4.78, 5) is 3.90. The highest BCUT2D eigenvalue weighted by molar-refractivity contribution is 6.30.